The first-order valence-electron chi connectivity index (χ1n) is 8.95. The molecule has 0 aliphatic carbocycles. The van der Waals surface area contributed by atoms with Gasteiger partial charge in [0.2, 0.25) is 0 Å². The first-order valence-corrected chi connectivity index (χ1v) is 8.95. The summed E-state index contributed by atoms with van der Waals surface area (Å²) in [5, 5.41) is 0.310. The summed E-state index contributed by atoms with van der Waals surface area (Å²) in [6.07, 6.45) is 3.35. The van der Waals surface area contributed by atoms with E-state index in [0.29, 0.717) is 36.1 Å². The summed E-state index contributed by atoms with van der Waals surface area (Å²) in [6.45, 7) is 3.03. The second-order valence-corrected chi connectivity index (χ2v) is 6.71. The number of aromatic nitrogens is 3. The van der Waals surface area contributed by atoms with Crippen molar-refractivity contribution in [2.75, 3.05) is 13.1 Å². The highest BCUT2D eigenvalue weighted by molar-refractivity contribution is 5.96. The van der Waals surface area contributed by atoms with E-state index in [1.807, 2.05) is 37.3 Å². The van der Waals surface area contributed by atoms with Crippen LogP contribution in [0.1, 0.15) is 35.4 Å². The van der Waals surface area contributed by atoms with E-state index in [9.17, 15) is 9.59 Å². The Labute approximate surface area is 156 Å². The summed E-state index contributed by atoms with van der Waals surface area (Å²) in [6, 6.07) is 11.6. The molecule has 1 aliphatic rings. The number of carbonyl (C=O) groups is 1. The molecule has 2 atom stereocenters. The highest BCUT2D eigenvalue weighted by Crippen LogP contribution is 2.26. The first-order chi connectivity index (χ1) is 13.1. The molecule has 1 amide bonds. The molecule has 3 heterocycles. The summed E-state index contributed by atoms with van der Waals surface area (Å²) in [5.41, 5.74) is 1.51. The van der Waals surface area contributed by atoms with Gasteiger partial charge in [-0.3, -0.25) is 9.59 Å². The van der Waals surface area contributed by atoms with Crippen molar-refractivity contribution in [3.05, 3.63) is 70.4 Å². The van der Waals surface area contributed by atoms with Crippen molar-refractivity contribution in [1.29, 1.82) is 0 Å². The number of benzene rings is 1. The number of fused-ring (bicyclic) bond motifs is 1. The van der Waals surface area contributed by atoms with E-state index in [-0.39, 0.29) is 23.7 Å². The molecule has 0 spiro atoms. The topological polar surface area (TPSA) is 88.2 Å². The highest BCUT2D eigenvalue weighted by Gasteiger charge is 2.27. The van der Waals surface area contributed by atoms with Crippen molar-refractivity contribution < 1.29 is 9.53 Å². The van der Waals surface area contributed by atoms with Crippen LogP contribution in [0.15, 0.2) is 53.7 Å². The molecule has 2 unspecified atom stereocenters. The van der Waals surface area contributed by atoms with E-state index in [1.54, 1.807) is 11.0 Å². The van der Waals surface area contributed by atoms with Gasteiger partial charge in [0.25, 0.3) is 11.5 Å². The van der Waals surface area contributed by atoms with Crippen molar-refractivity contribution >= 4 is 16.9 Å². The van der Waals surface area contributed by atoms with Gasteiger partial charge in [-0.15, -0.1) is 0 Å². The predicted molar refractivity (Wildman–Crippen MR) is 100 cm³/mol. The van der Waals surface area contributed by atoms with Gasteiger partial charge >= 0.3 is 0 Å². The predicted octanol–water partition coefficient (Wildman–Crippen LogP) is 2.31. The van der Waals surface area contributed by atoms with Gasteiger partial charge in [0.05, 0.1) is 29.5 Å². The van der Waals surface area contributed by atoms with Crippen molar-refractivity contribution in [1.82, 2.24) is 19.9 Å². The molecule has 1 fully saturated rings. The van der Waals surface area contributed by atoms with Crippen molar-refractivity contribution in [2.24, 2.45) is 0 Å². The number of rotatable bonds is 2. The van der Waals surface area contributed by atoms with Crippen LogP contribution < -0.4 is 5.56 Å². The van der Waals surface area contributed by atoms with Crippen LogP contribution in [-0.4, -0.2) is 45.0 Å². The van der Waals surface area contributed by atoms with E-state index in [1.165, 1.54) is 12.5 Å². The Kier molecular flexibility index (Phi) is 4.68. The number of ether oxygens (including phenoxy) is 1. The van der Waals surface area contributed by atoms with Crippen LogP contribution in [-0.2, 0) is 4.74 Å². The van der Waals surface area contributed by atoms with Gasteiger partial charge in [-0.2, -0.15) is 0 Å². The van der Waals surface area contributed by atoms with E-state index in [0.717, 1.165) is 5.56 Å². The molecule has 3 aromatic rings. The molecule has 27 heavy (non-hydrogen) atoms. The average molecular weight is 364 g/mol. The zero-order chi connectivity index (χ0) is 18.8. The standard InChI is InChI=1S/C20H20N4O3/c1-13-11-24(8-7-17(27-13)14-5-3-2-4-6-14)20(26)15-9-16-18(21-10-15)22-12-23-19(16)25/h2-6,9-10,12-13,17H,7-8,11H2,1H3,(H,21,22,23,25). The van der Waals surface area contributed by atoms with Crippen LogP contribution in [0, 0.1) is 0 Å². The fourth-order valence-corrected chi connectivity index (χ4v) is 3.42. The number of H-pyrrole nitrogens is 1. The van der Waals surface area contributed by atoms with Gasteiger partial charge in [-0.1, -0.05) is 30.3 Å². The number of hydrogen-bond donors (Lipinski definition) is 1. The van der Waals surface area contributed by atoms with Crippen LogP contribution in [0.2, 0.25) is 0 Å². The SMILES string of the molecule is CC1CN(C(=O)c2cnc3nc[nH]c(=O)c3c2)CCC(c2ccccc2)O1. The minimum absolute atomic E-state index is 0.0410. The number of pyridine rings is 1. The second kappa shape index (κ2) is 7.28. The molecule has 2 aromatic heterocycles. The van der Waals surface area contributed by atoms with Gasteiger partial charge < -0.3 is 14.6 Å². The lowest BCUT2D eigenvalue weighted by atomic mass is 10.1. The van der Waals surface area contributed by atoms with Crippen LogP contribution >= 0.6 is 0 Å². The molecule has 7 heteroatoms. The van der Waals surface area contributed by atoms with Gasteiger partial charge in [-0.25, -0.2) is 9.97 Å². The monoisotopic (exact) mass is 364 g/mol. The van der Waals surface area contributed by atoms with Gasteiger partial charge in [0, 0.05) is 19.3 Å². The minimum Gasteiger partial charge on any atom is -0.369 e. The summed E-state index contributed by atoms with van der Waals surface area (Å²) < 4.78 is 6.13. The Balaban J connectivity index is 1.57. The van der Waals surface area contributed by atoms with E-state index in [2.05, 4.69) is 15.0 Å². The van der Waals surface area contributed by atoms with Crippen LogP contribution in [0.25, 0.3) is 11.0 Å². The molecule has 1 saturated heterocycles. The maximum absolute atomic E-state index is 13.0. The highest BCUT2D eigenvalue weighted by atomic mass is 16.5. The van der Waals surface area contributed by atoms with E-state index in [4.69, 9.17) is 4.74 Å². The Bertz CT molecular complexity index is 1020. The molecule has 0 saturated carbocycles. The molecule has 4 rings (SSSR count). The lowest BCUT2D eigenvalue weighted by Crippen LogP contribution is -2.36. The third-order valence-corrected chi connectivity index (χ3v) is 4.73. The lowest BCUT2D eigenvalue weighted by Gasteiger charge is -2.22. The Morgan fingerprint density at radius 1 is 1.26 bits per heavy atom. The second-order valence-electron chi connectivity index (χ2n) is 6.71. The summed E-state index contributed by atoms with van der Waals surface area (Å²) in [4.78, 5) is 37.4. The number of hydrogen-bond acceptors (Lipinski definition) is 5. The third-order valence-electron chi connectivity index (χ3n) is 4.73. The number of nitrogens with one attached hydrogen (secondary N) is 1. The van der Waals surface area contributed by atoms with Crippen molar-refractivity contribution in [2.45, 2.75) is 25.6 Å². The zero-order valence-electron chi connectivity index (χ0n) is 15.0. The molecular weight excluding hydrogens is 344 g/mol. The average Bonchev–Trinajstić information content (AvgIpc) is 2.90. The Hall–Kier alpha value is -3.06. The summed E-state index contributed by atoms with van der Waals surface area (Å²) in [5.74, 6) is -0.156. The van der Waals surface area contributed by atoms with Crippen LogP contribution in [0.3, 0.4) is 0 Å². The maximum Gasteiger partial charge on any atom is 0.260 e. The molecule has 1 aromatic carbocycles. The largest absolute Gasteiger partial charge is 0.369 e. The molecule has 138 valence electrons. The van der Waals surface area contributed by atoms with E-state index >= 15 is 0 Å². The minimum atomic E-state index is -0.307. The first kappa shape index (κ1) is 17.4. The summed E-state index contributed by atoms with van der Waals surface area (Å²) in [7, 11) is 0. The Morgan fingerprint density at radius 2 is 2.07 bits per heavy atom. The molecule has 0 bridgehead atoms. The smallest absolute Gasteiger partial charge is 0.260 e. The van der Waals surface area contributed by atoms with Gasteiger partial charge in [-0.05, 0) is 25.0 Å². The van der Waals surface area contributed by atoms with Crippen LogP contribution in [0.5, 0.6) is 0 Å². The fraction of sp³-hybridized carbons (Fsp3) is 0.300. The number of carbonyl (C=O) groups excluding carboxylic acids is 1. The normalized spacial score (nSPS) is 20.4. The number of aromatic amines is 1. The maximum atomic E-state index is 13.0. The Morgan fingerprint density at radius 3 is 2.89 bits per heavy atom. The zero-order valence-corrected chi connectivity index (χ0v) is 15.0. The van der Waals surface area contributed by atoms with E-state index < -0.39 is 0 Å². The molecular formula is C20H20N4O3. The molecule has 1 aliphatic heterocycles. The fourth-order valence-electron chi connectivity index (χ4n) is 3.42. The number of nitrogens with zero attached hydrogens (tertiary/aromatic N) is 3. The summed E-state index contributed by atoms with van der Waals surface area (Å²) >= 11 is 0. The molecule has 7 nitrogen and oxygen atoms in total. The third kappa shape index (κ3) is 3.59. The lowest BCUT2D eigenvalue weighted by molar-refractivity contribution is 0.00289. The molecule has 1 N–H and O–H groups in total. The quantitative estimate of drug-likeness (QED) is 0.754. The van der Waals surface area contributed by atoms with Gasteiger partial charge in [0.1, 0.15) is 0 Å². The number of amides is 1. The molecule has 0 radical (unpaired) electrons. The van der Waals surface area contributed by atoms with Crippen molar-refractivity contribution in [3.8, 4) is 0 Å². The van der Waals surface area contributed by atoms with Gasteiger partial charge in [0.15, 0.2) is 5.65 Å². The van der Waals surface area contributed by atoms with Crippen molar-refractivity contribution in [3.63, 3.8) is 0 Å². The van der Waals surface area contributed by atoms with Crippen LogP contribution in [0.4, 0.5) is 0 Å².